The Hall–Kier alpha value is -3.14. The molecule has 0 saturated carbocycles. The van der Waals surface area contributed by atoms with Crippen molar-refractivity contribution in [2.75, 3.05) is 5.32 Å². The van der Waals surface area contributed by atoms with Gasteiger partial charge in [-0.05, 0) is 56.2 Å². The van der Waals surface area contributed by atoms with E-state index < -0.39 is 11.7 Å². The van der Waals surface area contributed by atoms with Gasteiger partial charge in [-0.25, -0.2) is 0 Å². The summed E-state index contributed by atoms with van der Waals surface area (Å²) in [5.74, 6) is -1.15. The van der Waals surface area contributed by atoms with Gasteiger partial charge in [0.25, 0.3) is 11.7 Å². The van der Waals surface area contributed by atoms with Gasteiger partial charge in [-0.1, -0.05) is 37.3 Å². The van der Waals surface area contributed by atoms with Crippen molar-refractivity contribution in [2.45, 2.75) is 27.2 Å². The summed E-state index contributed by atoms with van der Waals surface area (Å²) in [6.45, 7) is 5.86. The van der Waals surface area contributed by atoms with Crippen LogP contribution in [-0.4, -0.2) is 16.3 Å². The first kappa shape index (κ1) is 17.7. The zero-order valence-corrected chi connectivity index (χ0v) is 15.2. The molecule has 1 aromatic heterocycles. The Morgan fingerprint density at radius 1 is 0.962 bits per heavy atom. The highest BCUT2D eigenvalue weighted by Gasteiger charge is 2.22. The van der Waals surface area contributed by atoms with E-state index in [1.807, 2.05) is 73.0 Å². The van der Waals surface area contributed by atoms with Crippen molar-refractivity contribution in [1.82, 2.24) is 4.57 Å². The lowest BCUT2D eigenvalue weighted by Crippen LogP contribution is -2.23. The summed E-state index contributed by atoms with van der Waals surface area (Å²) in [4.78, 5) is 25.1. The van der Waals surface area contributed by atoms with Crippen LogP contribution in [-0.2, 0) is 11.2 Å². The van der Waals surface area contributed by atoms with Crippen molar-refractivity contribution in [1.29, 1.82) is 0 Å². The van der Waals surface area contributed by atoms with Crippen LogP contribution in [0.5, 0.6) is 0 Å². The molecule has 0 saturated heterocycles. The summed E-state index contributed by atoms with van der Waals surface area (Å²) < 4.78 is 1.98. The van der Waals surface area contributed by atoms with Gasteiger partial charge in [0.05, 0.1) is 0 Å². The van der Waals surface area contributed by atoms with E-state index in [1.54, 1.807) is 6.07 Å². The van der Waals surface area contributed by atoms with E-state index in [4.69, 9.17) is 0 Å². The minimum atomic E-state index is -0.623. The number of rotatable bonds is 5. The van der Waals surface area contributed by atoms with Crippen LogP contribution in [0.4, 0.5) is 5.69 Å². The molecule has 132 valence electrons. The minimum absolute atomic E-state index is 0.425. The first-order chi connectivity index (χ1) is 12.5. The fourth-order valence-electron chi connectivity index (χ4n) is 3.10. The predicted octanol–water partition coefficient (Wildman–Crippen LogP) is 4.48. The van der Waals surface area contributed by atoms with Crippen LogP contribution >= 0.6 is 0 Å². The number of nitrogens with one attached hydrogen (secondary N) is 1. The molecular weight excluding hydrogens is 324 g/mol. The molecule has 0 aliphatic carbocycles. The zero-order chi connectivity index (χ0) is 18.7. The average molecular weight is 346 g/mol. The van der Waals surface area contributed by atoms with Gasteiger partial charge in [0.2, 0.25) is 0 Å². The van der Waals surface area contributed by atoms with Crippen molar-refractivity contribution >= 4 is 17.4 Å². The molecule has 0 fully saturated rings. The van der Waals surface area contributed by atoms with Crippen LogP contribution in [0.15, 0.2) is 60.7 Å². The van der Waals surface area contributed by atoms with E-state index in [-0.39, 0.29) is 0 Å². The zero-order valence-electron chi connectivity index (χ0n) is 15.2. The van der Waals surface area contributed by atoms with Crippen molar-refractivity contribution in [3.63, 3.8) is 0 Å². The van der Waals surface area contributed by atoms with Crippen LogP contribution in [0.3, 0.4) is 0 Å². The number of carbonyl (C=O) groups excluding carboxylic acids is 2. The summed E-state index contributed by atoms with van der Waals surface area (Å²) in [5, 5.41) is 2.69. The van der Waals surface area contributed by atoms with Crippen molar-refractivity contribution in [3.8, 4) is 5.69 Å². The molecule has 0 spiro atoms. The second kappa shape index (κ2) is 7.40. The van der Waals surface area contributed by atoms with Gasteiger partial charge in [0.1, 0.15) is 0 Å². The molecule has 0 aliphatic heterocycles. The molecule has 26 heavy (non-hydrogen) atoms. The number of ketones is 1. The molecule has 4 nitrogen and oxygen atoms in total. The topological polar surface area (TPSA) is 51.1 Å². The van der Waals surface area contributed by atoms with Crippen LogP contribution in [0.1, 0.15) is 34.2 Å². The number of amides is 1. The van der Waals surface area contributed by atoms with Gasteiger partial charge in [-0.2, -0.15) is 0 Å². The molecule has 1 N–H and O–H groups in total. The summed E-state index contributed by atoms with van der Waals surface area (Å²) in [5.41, 5.74) is 4.87. The lowest BCUT2D eigenvalue weighted by molar-refractivity contribution is -0.112. The van der Waals surface area contributed by atoms with E-state index in [2.05, 4.69) is 12.2 Å². The smallest absolute Gasteiger partial charge is 0.296 e. The van der Waals surface area contributed by atoms with Gasteiger partial charge < -0.3 is 9.88 Å². The molecule has 0 unspecified atom stereocenters. The summed E-state index contributed by atoms with van der Waals surface area (Å²) in [7, 11) is 0. The normalized spacial score (nSPS) is 10.6. The molecule has 0 bridgehead atoms. The predicted molar refractivity (Wildman–Crippen MR) is 104 cm³/mol. The molecule has 1 heterocycles. The Morgan fingerprint density at radius 2 is 1.62 bits per heavy atom. The molecule has 0 radical (unpaired) electrons. The number of hydrogen-bond donors (Lipinski definition) is 1. The van der Waals surface area contributed by atoms with Crippen molar-refractivity contribution in [3.05, 3.63) is 83.2 Å². The average Bonchev–Trinajstić information content (AvgIpc) is 2.96. The van der Waals surface area contributed by atoms with E-state index in [0.29, 0.717) is 11.3 Å². The van der Waals surface area contributed by atoms with Gasteiger partial charge >= 0.3 is 0 Å². The number of para-hydroxylation sites is 1. The first-order valence-electron chi connectivity index (χ1n) is 8.70. The van der Waals surface area contributed by atoms with Gasteiger partial charge in [-0.3, -0.25) is 9.59 Å². The van der Waals surface area contributed by atoms with E-state index in [1.165, 1.54) is 5.56 Å². The number of hydrogen-bond acceptors (Lipinski definition) is 2. The number of aromatic nitrogens is 1. The molecule has 2 aromatic carbocycles. The highest BCUT2D eigenvalue weighted by atomic mass is 16.2. The van der Waals surface area contributed by atoms with Crippen LogP contribution < -0.4 is 5.32 Å². The van der Waals surface area contributed by atoms with Gasteiger partial charge in [-0.15, -0.1) is 0 Å². The van der Waals surface area contributed by atoms with Crippen LogP contribution in [0.2, 0.25) is 0 Å². The highest BCUT2D eigenvalue weighted by Crippen LogP contribution is 2.21. The van der Waals surface area contributed by atoms with Crippen molar-refractivity contribution < 1.29 is 9.59 Å². The monoisotopic (exact) mass is 346 g/mol. The first-order valence-corrected chi connectivity index (χ1v) is 8.70. The third-order valence-corrected chi connectivity index (χ3v) is 4.52. The van der Waals surface area contributed by atoms with Crippen molar-refractivity contribution in [2.24, 2.45) is 0 Å². The maximum atomic E-state index is 12.7. The summed E-state index contributed by atoms with van der Waals surface area (Å²) in [6, 6.07) is 19.1. The SMILES string of the molecule is CCc1ccc(NC(=O)C(=O)c2cc(C)n(-c3ccccc3)c2C)cc1. The third kappa shape index (κ3) is 3.45. The standard InChI is InChI=1S/C22H22N2O2/c1-4-17-10-12-18(13-11-17)23-22(26)21(25)20-14-15(2)24(16(20)3)19-8-6-5-7-9-19/h5-14H,4H2,1-3H3,(H,23,26). The minimum Gasteiger partial charge on any atom is -0.319 e. The second-order valence-corrected chi connectivity index (χ2v) is 6.29. The lowest BCUT2D eigenvalue weighted by atomic mass is 10.1. The largest absolute Gasteiger partial charge is 0.319 e. The number of nitrogens with zero attached hydrogens (tertiary/aromatic N) is 1. The van der Waals surface area contributed by atoms with Gasteiger partial charge in [0.15, 0.2) is 0 Å². The number of carbonyl (C=O) groups is 2. The summed E-state index contributed by atoms with van der Waals surface area (Å²) >= 11 is 0. The Kier molecular flexibility index (Phi) is 5.03. The van der Waals surface area contributed by atoms with E-state index >= 15 is 0 Å². The molecule has 1 amide bonds. The Labute approximate surface area is 153 Å². The molecule has 3 aromatic rings. The molecular formula is C22H22N2O2. The van der Waals surface area contributed by atoms with E-state index in [9.17, 15) is 9.59 Å². The fraction of sp³-hybridized carbons (Fsp3) is 0.182. The molecule has 0 atom stereocenters. The molecule has 4 heteroatoms. The lowest BCUT2D eigenvalue weighted by Gasteiger charge is -2.09. The Bertz CT molecular complexity index is 938. The van der Waals surface area contributed by atoms with Gasteiger partial charge in [0, 0.05) is 28.3 Å². The molecule has 3 rings (SSSR count). The third-order valence-electron chi connectivity index (χ3n) is 4.52. The van der Waals surface area contributed by atoms with Crippen LogP contribution in [0, 0.1) is 13.8 Å². The number of aryl methyl sites for hydroxylation is 2. The molecule has 0 aliphatic rings. The second-order valence-electron chi connectivity index (χ2n) is 6.29. The van der Waals surface area contributed by atoms with Crippen LogP contribution in [0.25, 0.3) is 5.69 Å². The summed E-state index contributed by atoms with van der Waals surface area (Å²) in [6.07, 6.45) is 0.929. The number of benzene rings is 2. The Morgan fingerprint density at radius 3 is 2.23 bits per heavy atom. The van der Waals surface area contributed by atoms with E-state index in [0.717, 1.165) is 23.5 Å². The fourth-order valence-corrected chi connectivity index (χ4v) is 3.10. The Balaban J connectivity index is 1.84. The highest BCUT2D eigenvalue weighted by molar-refractivity contribution is 6.46. The maximum Gasteiger partial charge on any atom is 0.296 e. The number of Topliss-reactive ketones (excluding diaryl/α,β-unsaturated/α-hetero) is 1. The quantitative estimate of drug-likeness (QED) is 0.547. The number of anilines is 1. The maximum absolute atomic E-state index is 12.7.